The van der Waals surface area contributed by atoms with Crippen LogP contribution < -0.4 is 4.90 Å². The van der Waals surface area contributed by atoms with Crippen molar-refractivity contribution in [2.45, 2.75) is 51.5 Å². The number of aromatic nitrogens is 1. The van der Waals surface area contributed by atoms with Gasteiger partial charge in [0.2, 0.25) is 5.91 Å². The maximum atomic E-state index is 15.2. The number of alkyl halides is 2. The van der Waals surface area contributed by atoms with Gasteiger partial charge in [0.25, 0.3) is 5.92 Å². The Morgan fingerprint density at radius 2 is 1.79 bits per heavy atom. The molecular weight excluding hydrogens is 449 g/mol. The molecule has 2 aromatic carbocycles. The number of carbonyl (C=O) groups is 1. The van der Waals surface area contributed by atoms with Crippen molar-refractivity contribution in [1.82, 2.24) is 4.98 Å². The Hall–Kier alpha value is -2.86. The third-order valence-corrected chi connectivity index (χ3v) is 6.15. The number of amides is 1. The normalized spacial score (nSPS) is 15.8. The quantitative estimate of drug-likeness (QED) is 0.402. The minimum Gasteiger partial charge on any atom is -0.307 e. The highest BCUT2D eigenvalue weighted by atomic mass is 35.5. The molecule has 33 heavy (non-hydrogen) atoms. The van der Waals surface area contributed by atoms with Gasteiger partial charge in [-0.3, -0.25) is 9.78 Å². The molecule has 0 saturated heterocycles. The van der Waals surface area contributed by atoms with E-state index in [1.54, 1.807) is 36.5 Å². The fourth-order valence-corrected chi connectivity index (χ4v) is 4.04. The summed E-state index contributed by atoms with van der Waals surface area (Å²) in [5.41, 5.74) is 1.50. The van der Waals surface area contributed by atoms with Gasteiger partial charge >= 0.3 is 0 Å². The standard InChI is InChI=1S/C26H24ClF3N2O/c1-25(2,3)18-10-17(13-31-14-18)20-11-23-21(12-22(20)28)26(29,30)9-8-24(33)32(23)15-16-4-6-19(27)7-5-16/h4-7,10-14H,8-9,15H2,1-3H3. The van der Waals surface area contributed by atoms with Gasteiger partial charge in [-0.2, -0.15) is 0 Å². The van der Waals surface area contributed by atoms with E-state index < -0.39 is 29.6 Å². The molecule has 1 aromatic heterocycles. The molecule has 0 radical (unpaired) electrons. The van der Waals surface area contributed by atoms with Crippen LogP contribution >= 0.6 is 11.6 Å². The predicted octanol–water partition coefficient (Wildman–Crippen LogP) is 7.26. The molecule has 2 heterocycles. The number of carbonyl (C=O) groups excluding carboxylic acids is 1. The van der Waals surface area contributed by atoms with Crippen LogP contribution in [0.25, 0.3) is 11.1 Å². The molecule has 1 aliphatic heterocycles. The van der Waals surface area contributed by atoms with E-state index >= 15 is 4.39 Å². The highest BCUT2D eigenvalue weighted by Crippen LogP contribution is 2.45. The van der Waals surface area contributed by atoms with Crippen LogP contribution in [-0.4, -0.2) is 10.9 Å². The van der Waals surface area contributed by atoms with Gasteiger partial charge in [0.15, 0.2) is 0 Å². The number of anilines is 1. The van der Waals surface area contributed by atoms with Gasteiger partial charge < -0.3 is 4.90 Å². The molecule has 4 rings (SSSR count). The first-order valence-electron chi connectivity index (χ1n) is 10.7. The van der Waals surface area contributed by atoms with Crippen molar-refractivity contribution in [3.8, 4) is 11.1 Å². The second-order valence-corrected chi connectivity index (χ2v) is 9.81. The van der Waals surface area contributed by atoms with E-state index in [-0.39, 0.29) is 29.6 Å². The summed E-state index contributed by atoms with van der Waals surface area (Å²) < 4.78 is 45.1. The smallest absolute Gasteiger partial charge is 0.275 e. The topological polar surface area (TPSA) is 33.2 Å². The molecule has 0 aliphatic carbocycles. The number of halogens is 4. The van der Waals surface area contributed by atoms with E-state index in [0.717, 1.165) is 17.2 Å². The van der Waals surface area contributed by atoms with Crippen molar-refractivity contribution < 1.29 is 18.0 Å². The Labute approximate surface area is 196 Å². The maximum absolute atomic E-state index is 15.2. The number of nitrogens with zero attached hydrogens (tertiary/aromatic N) is 2. The number of rotatable bonds is 3. The summed E-state index contributed by atoms with van der Waals surface area (Å²) in [5, 5.41) is 0.531. The number of pyridine rings is 1. The molecule has 3 aromatic rings. The lowest BCUT2D eigenvalue weighted by atomic mass is 9.86. The highest BCUT2D eigenvalue weighted by Gasteiger charge is 2.41. The Bertz CT molecular complexity index is 1200. The Balaban J connectivity index is 1.87. The van der Waals surface area contributed by atoms with Crippen molar-refractivity contribution in [3.63, 3.8) is 0 Å². The molecule has 0 unspecified atom stereocenters. The van der Waals surface area contributed by atoms with E-state index in [1.165, 1.54) is 17.2 Å². The van der Waals surface area contributed by atoms with E-state index in [9.17, 15) is 13.6 Å². The van der Waals surface area contributed by atoms with Gasteiger partial charge in [-0.15, -0.1) is 0 Å². The minimum atomic E-state index is -3.33. The van der Waals surface area contributed by atoms with Crippen LogP contribution in [0.2, 0.25) is 5.02 Å². The van der Waals surface area contributed by atoms with Gasteiger partial charge in [-0.1, -0.05) is 44.5 Å². The summed E-state index contributed by atoms with van der Waals surface area (Å²) in [4.78, 5) is 18.5. The van der Waals surface area contributed by atoms with Crippen LogP contribution in [-0.2, 0) is 22.7 Å². The fourth-order valence-electron chi connectivity index (χ4n) is 3.91. The first kappa shape index (κ1) is 23.3. The minimum absolute atomic E-state index is 0.00927. The van der Waals surface area contributed by atoms with Gasteiger partial charge in [0.05, 0.1) is 12.2 Å². The second kappa shape index (κ2) is 8.49. The lowest BCUT2D eigenvalue weighted by molar-refractivity contribution is -0.120. The summed E-state index contributed by atoms with van der Waals surface area (Å²) in [7, 11) is 0. The number of fused-ring (bicyclic) bond motifs is 1. The highest BCUT2D eigenvalue weighted by molar-refractivity contribution is 6.30. The second-order valence-electron chi connectivity index (χ2n) is 9.37. The van der Waals surface area contributed by atoms with Crippen LogP contribution in [0.3, 0.4) is 0 Å². The number of benzene rings is 2. The van der Waals surface area contributed by atoms with Gasteiger partial charge in [0.1, 0.15) is 5.82 Å². The third-order valence-electron chi connectivity index (χ3n) is 5.89. The van der Waals surface area contributed by atoms with Crippen LogP contribution in [0.15, 0.2) is 54.9 Å². The van der Waals surface area contributed by atoms with Crippen LogP contribution in [0, 0.1) is 5.82 Å². The molecule has 0 spiro atoms. The lowest BCUT2D eigenvalue weighted by Gasteiger charge is -2.26. The van der Waals surface area contributed by atoms with Gasteiger partial charge in [-0.25, -0.2) is 13.2 Å². The van der Waals surface area contributed by atoms with Crippen molar-refractivity contribution in [2.75, 3.05) is 4.90 Å². The first-order valence-corrected chi connectivity index (χ1v) is 11.1. The largest absolute Gasteiger partial charge is 0.307 e. The summed E-state index contributed by atoms with van der Waals surface area (Å²) in [5.74, 6) is -4.55. The molecule has 0 saturated carbocycles. The van der Waals surface area contributed by atoms with Crippen molar-refractivity contribution in [1.29, 1.82) is 0 Å². The van der Waals surface area contributed by atoms with Crippen molar-refractivity contribution >= 4 is 23.2 Å². The zero-order valence-electron chi connectivity index (χ0n) is 18.6. The molecule has 3 nitrogen and oxygen atoms in total. The fraction of sp³-hybridized carbons (Fsp3) is 0.308. The van der Waals surface area contributed by atoms with Crippen LogP contribution in [0.1, 0.15) is 50.3 Å². The predicted molar refractivity (Wildman–Crippen MR) is 124 cm³/mol. The Morgan fingerprint density at radius 3 is 2.45 bits per heavy atom. The van der Waals surface area contributed by atoms with E-state index in [2.05, 4.69) is 4.98 Å². The average Bonchev–Trinajstić information content (AvgIpc) is 2.84. The van der Waals surface area contributed by atoms with E-state index in [0.29, 0.717) is 10.6 Å². The monoisotopic (exact) mass is 472 g/mol. The SMILES string of the molecule is CC(C)(C)c1cncc(-c2cc3c(cc2F)C(F)(F)CCC(=O)N3Cc2ccc(Cl)cc2)c1. The molecule has 0 atom stereocenters. The summed E-state index contributed by atoms with van der Waals surface area (Å²) in [6.45, 7) is 6.10. The van der Waals surface area contributed by atoms with E-state index in [4.69, 9.17) is 11.6 Å². The molecule has 1 aliphatic rings. The zero-order chi connectivity index (χ0) is 24.0. The van der Waals surface area contributed by atoms with Gasteiger partial charge in [0, 0.05) is 46.9 Å². The molecular formula is C26H24ClF3N2O. The van der Waals surface area contributed by atoms with Crippen LogP contribution in [0.4, 0.5) is 18.9 Å². The van der Waals surface area contributed by atoms with E-state index in [1.807, 2.05) is 20.8 Å². The summed E-state index contributed by atoms with van der Waals surface area (Å²) >= 11 is 5.95. The van der Waals surface area contributed by atoms with Crippen molar-refractivity contribution in [2.24, 2.45) is 0 Å². The lowest BCUT2D eigenvalue weighted by Crippen LogP contribution is -2.29. The van der Waals surface area contributed by atoms with Crippen molar-refractivity contribution in [3.05, 3.63) is 82.4 Å². The molecule has 0 fully saturated rings. The van der Waals surface area contributed by atoms with Crippen LogP contribution in [0.5, 0.6) is 0 Å². The summed E-state index contributed by atoms with van der Waals surface area (Å²) in [6.07, 6.45) is 2.19. The Kier molecular flexibility index (Phi) is 5.99. The molecule has 7 heteroatoms. The third kappa shape index (κ3) is 4.76. The number of hydrogen-bond donors (Lipinski definition) is 0. The first-order chi connectivity index (χ1) is 15.5. The number of hydrogen-bond acceptors (Lipinski definition) is 2. The van der Waals surface area contributed by atoms with Gasteiger partial charge in [-0.05, 0) is 46.9 Å². The average molecular weight is 473 g/mol. The molecule has 0 bridgehead atoms. The maximum Gasteiger partial charge on any atom is 0.275 e. The Morgan fingerprint density at radius 1 is 1.09 bits per heavy atom. The molecule has 1 amide bonds. The molecule has 0 N–H and O–H groups in total. The molecule has 172 valence electrons. The summed E-state index contributed by atoms with van der Waals surface area (Å²) in [6, 6.07) is 10.8. The zero-order valence-corrected chi connectivity index (χ0v) is 19.4.